The number of halogens is 1. The fourth-order valence-corrected chi connectivity index (χ4v) is 1.02. The third-order valence-corrected chi connectivity index (χ3v) is 1.60. The lowest BCUT2D eigenvalue weighted by atomic mass is 10.2. The first kappa shape index (κ1) is 8.74. The lowest BCUT2D eigenvalue weighted by molar-refractivity contribution is -0.385. The van der Waals surface area contributed by atoms with Crippen molar-refractivity contribution in [2.45, 2.75) is 0 Å². The molecule has 0 aliphatic heterocycles. The average Bonchev–Trinajstić information content (AvgIpc) is 2.04. The predicted octanol–water partition coefficient (Wildman–Crippen LogP) is 2.80. The second-order valence-corrected chi connectivity index (χ2v) is 2.64. The molecule has 0 amide bonds. The zero-order chi connectivity index (χ0) is 9.14. The monoisotopic (exact) mass is 183 g/mol. The molecule has 12 heavy (non-hydrogen) atoms. The van der Waals surface area contributed by atoms with Crippen molar-refractivity contribution in [3.05, 3.63) is 46.5 Å². The Bertz CT molecular complexity index is 303. The van der Waals surface area contributed by atoms with Crippen molar-refractivity contribution in [1.29, 1.82) is 0 Å². The Morgan fingerprint density at radius 2 is 2.08 bits per heavy atom. The summed E-state index contributed by atoms with van der Waals surface area (Å²) in [5.41, 5.74) is 0.349. The van der Waals surface area contributed by atoms with Gasteiger partial charge in [-0.25, -0.2) is 0 Å². The molecule has 0 bridgehead atoms. The summed E-state index contributed by atoms with van der Waals surface area (Å²) in [5, 5.41) is 10.6. The van der Waals surface area contributed by atoms with Gasteiger partial charge in [0.15, 0.2) is 0 Å². The molecular weight excluding hydrogens is 178 g/mol. The quantitative estimate of drug-likeness (QED) is 0.523. The van der Waals surface area contributed by atoms with E-state index in [9.17, 15) is 10.1 Å². The Hall–Kier alpha value is -1.35. The van der Waals surface area contributed by atoms with Crippen molar-refractivity contribution in [2.75, 3.05) is 0 Å². The smallest absolute Gasteiger partial charge is 0.258 e. The van der Waals surface area contributed by atoms with Gasteiger partial charge in [0.1, 0.15) is 0 Å². The Balaban J connectivity index is 3.27. The number of hydrogen-bond acceptors (Lipinski definition) is 2. The van der Waals surface area contributed by atoms with E-state index in [1.54, 1.807) is 18.2 Å². The van der Waals surface area contributed by atoms with E-state index < -0.39 is 4.92 Å². The maximum Gasteiger partial charge on any atom is 0.278 e. The highest BCUT2D eigenvalue weighted by Gasteiger charge is 2.12. The molecule has 0 aromatic heterocycles. The molecule has 0 unspecified atom stereocenters. The SMILES string of the molecule is C=C(Cl)c1ccccc1[N+](=O)[O-]. The molecule has 0 N–H and O–H groups in total. The van der Waals surface area contributed by atoms with Crippen molar-refractivity contribution >= 4 is 22.3 Å². The van der Waals surface area contributed by atoms with Gasteiger partial charge in [-0.15, -0.1) is 0 Å². The third kappa shape index (κ3) is 1.62. The van der Waals surface area contributed by atoms with Gasteiger partial charge in [0.25, 0.3) is 5.69 Å². The van der Waals surface area contributed by atoms with E-state index in [-0.39, 0.29) is 10.7 Å². The van der Waals surface area contributed by atoms with Crippen LogP contribution in [0.2, 0.25) is 0 Å². The fourth-order valence-electron chi connectivity index (χ4n) is 0.862. The van der Waals surface area contributed by atoms with Gasteiger partial charge in [0.05, 0.1) is 10.5 Å². The Kier molecular flexibility index (Phi) is 2.45. The van der Waals surface area contributed by atoms with Crippen LogP contribution in [-0.2, 0) is 0 Å². The molecule has 1 aromatic rings. The Labute approximate surface area is 74.4 Å². The summed E-state index contributed by atoms with van der Waals surface area (Å²) in [6.45, 7) is 3.43. The van der Waals surface area contributed by atoms with Gasteiger partial charge in [-0.1, -0.05) is 30.3 Å². The van der Waals surface area contributed by atoms with Crippen LogP contribution < -0.4 is 0 Å². The number of rotatable bonds is 2. The largest absolute Gasteiger partial charge is 0.278 e. The Morgan fingerprint density at radius 1 is 1.50 bits per heavy atom. The molecule has 3 nitrogen and oxygen atoms in total. The molecule has 62 valence electrons. The highest BCUT2D eigenvalue weighted by atomic mass is 35.5. The molecule has 0 atom stereocenters. The third-order valence-electron chi connectivity index (χ3n) is 1.39. The second kappa shape index (κ2) is 3.36. The molecular formula is C8H6ClNO2. The van der Waals surface area contributed by atoms with Crippen molar-refractivity contribution < 1.29 is 4.92 Å². The van der Waals surface area contributed by atoms with E-state index >= 15 is 0 Å². The van der Waals surface area contributed by atoms with Crippen molar-refractivity contribution in [3.8, 4) is 0 Å². The van der Waals surface area contributed by atoms with E-state index in [2.05, 4.69) is 6.58 Å². The minimum atomic E-state index is -0.483. The number of nitro benzene ring substituents is 1. The van der Waals surface area contributed by atoms with Crippen molar-refractivity contribution in [2.24, 2.45) is 0 Å². The van der Waals surface area contributed by atoms with Crippen LogP contribution in [0.15, 0.2) is 30.8 Å². The zero-order valence-electron chi connectivity index (χ0n) is 6.16. The summed E-state index contributed by atoms with van der Waals surface area (Å²) in [6, 6.07) is 6.22. The van der Waals surface area contributed by atoms with Crippen LogP contribution in [-0.4, -0.2) is 4.92 Å². The molecule has 0 saturated carbocycles. The van der Waals surface area contributed by atoms with E-state index in [0.29, 0.717) is 5.56 Å². The highest BCUT2D eigenvalue weighted by molar-refractivity contribution is 6.48. The van der Waals surface area contributed by atoms with Crippen LogP contribution in [0.5, 0.6) is 0 Å². The number of benzene rings is 1. The van der Waals surface area contributed by atoms with Crippen LogP contribution in [0, 0.1) is 10.1 Å². The molecule has 0 spiro atoms. The lowest BCUT2D eigenvalue weighted by Gasteiger charge is -1.97. The van der Waals surface area contributed by atoms with Gasteiger partial charge in [-0.3, -0.25) is 10.1 Å². The summed E-state index contributed by atoms with van der Waals surface area (Å²) in [6.07, 6.45) is 0. The summed E-state index contributed by atoms with van der Waals surface area (Å²) in [4.78, 5) is 9.95. The summed E-state index contributed by atoms with van der Waals surface area (Å²) >= 11 is 5.55. The molecule has 4 heteroatoms. The van der Waals surface area contributed by atoms with Gasteiger partial charge in [0, 0.05) is 11.1 Å². The number of hydrogen-bond donors (Lipinski definition) is 0. The molecule has 0 aliphatic rings. The van der Waals surface area contributed by atoms with E-state index in [1.807, 2.05) is 0 Å². The van der Waals surface area contributed by atoms with Crippen LogP contribution in [0.1, 0.15) is 5.56 Å². The van der Waals surface area contributed by atoms with Gasteiger partial charge < -0.3 is 0 Å². The fraction of sp³-hybridized carbons (Fsp3) is 0. The molecule has 1 rings (SSSR count). The average molecular weight is 184 g/mol. The first-order valence-electron chi connectivity index (χ1n) is 3.21. The Morgan fingerprint density at radius 3 is 2.50 bits per heavy atom. The first-order chi connectivity index (χ1) is 5.63. The summed E-state index contributed by atoms with van der Waals surface area (Å²) in [7, 11) is 0. The van der Waals surface area contributed by atoms with Crippen LogP contribution >= 0.6 is 11.6 Å². The predicted molar refractivity (Wildman–Crippen MR) is 48.0 cm³/mol. The lowest BCUT2D eigenvalue weighted by Crippen LogP contribution is -1.91. The van der Waals surface area contributed by atoms with Gasteiger partial charge in [0.2, 0.25) is 0 Å². The van der Waals surface area contributed by atoms with Crippen LogP contribution in [0.25, 0.3) is 5.03 Å². The topological polar surface area (TPSA) is 43.1 Å². The molecule has 0 fully saturated rings. The molecule has 0 heterocycles. The maximum atomic E-state index is 10.4. The first-order valence-corrected chi connectivity index (χ1v) is 3.59. The maximum absolute atomic E-state index is 10.4. The van der Waals surface area contributed by atoms with Crippen LogP contribution in [0.3, 0.4) is 0 Å². The van der Waals surface area contributed by atoms with Gasteiger partial charge >= 0.3 is 0 Å². The second-order valence-electron chi connectivity index (χ2n) is 2.18. The molecule has 0 aliphatic carbocycles. The van der Waals surface area contributed by atoms with Crippen molar-refractivity contribution in [3.63, 3.8) is 0 Å². The molecule has 1 aromatic carbocycles. The van der Waals surface area contributed by atoms with Crippen LogP contribution in [0.4, 0.5) is 5.69 Å². The van der Waals surface area contributed by atoms with Gasteiger partial charge in [-0.2, -0.15) is 0 Å². The molecule has 0 saturated heterocycles. The zero-order valence-corrected chi connectivity index (χ0v) is 6.91. The van der Waals surface area contributed by atoms with E-state index in [1.165, 1.54) is 6.07 Å². The number of nitrogens with zero attached hydrogens (tertiary/aromatic N) is 1. The van der Waals surface area contributed by atoms with Gasteiger partial charge in [-0.05, 0) is 6.07 Å². The van der Waals surface area contributed by atoms with Crippen molar-refractivity contribution in [1.82, 2.24) is 0 Å². The standard InChI is InChI=1S/C8H6ClNO2/c1-6(9)7-4-2-3-5-8(7)10(11)12/h2-5H,1H2. The number of nitro groups is 1. The van der Waals surface area contributed by atoms with E-state index in [4.69, 9.17) is 11.6 Å². The minimum Gasteiger partial charge on any atom is -0.258 e. The van der Waals surface area contributed by atoms with E-state index in [0.717, 1.165) is 0 Å². The summed E-state index contributed by atoms with van der Waals surface area (Å²) < 4.78 is 0. The normalized spacial score (nSPS) is 9.42. The molecule has 0 radical (unpaired) electrons. The number of para-hydroxylation sites is 1. The minimum absolute atomic E-state index is 0.0162. The summed E-state index contributed by atoms with van der Waals surface area (Å²) in [5.74, 6) is 0. The highest BCUT2D eigenvalue weighted by Crippen LogP contribution is 2.26.